The minimum Gasteiger partial charge on any atom is -0.439 e. The highest BCUT2D eigenvalue weighted by molar-refractivity contribution is 6.33. The van der Waals surface area contributed by atoms with Gasteiger partial charge in [0.15, 0.2) is 0 Å². The SMILES string of the molecule is CCCCCc1oc2nc1CCCC(Cl)C2=O. The van der Waals surface area contributed by atoms with Crippen molar-refractivity contribution in [3.63, 3.8) is 0 Å². The Bertz CT molecular complexity index is 400. The molecule has 0 saturated heterocycles. The van der Waals surface area contributed by atoms with Gasteiger partial charge < -0.3 is 4.42 Å². The second kappa shape index (κ2) is 5.67. The van der Waals surface area contributed by atoms with Crippen molar-refractivity contribution in [2.75, 3.05) is 0 Å². The number of nitrogens with zero attached hydrogens (tertiary/aromatic N) is 1. The van der Waals surface area contributed by atoms with Crippen molar-refractivity contribution in [3.05, 3.63) is 17.3 Å². The van der Waals surface area contributed by atoms with Gasteiger partial charge in [-0.1, -0.05) is 19.8 Å². The number of oxazole rings is 1. The normalized spacial score (nSPS) is 20.1. The zero-order valence-corrected chi connectivity index (χ0v) is 10.9. The molecule has 3 nitrogen and oxygen atoms in total. The summed E-state index contributed by atoms with van der Waals surface area (Å²) in [5, 5.41) is -0.467. The first-order valence-electron chi connectivity index (χ1n) is 6.39. The second-order valence-corrected chi connectivity index (χ2v) is 5.10. The minimum absolute atomic E-state index is 0.158. The number of hydrogen-bond acceptors (Lipinski definition) is 3. The summed E-state index contributed by atoms with van der Waals surface area (Å²) in [4.78, 5) is 16.1. The molecule has 17 heavy (non-hydrogen) atoms. The Balaban J connectivity index is 2.14. The second-order valence-electron chi connectivity index (χ2n) is 4.57. The van der Waals surface area contributed by atoms with Gasteiger partial charge in [-0.3, -0.25) is 4.79 Å². The fourth-order valence-electron chi connectivity index (χ4n) is 2.13. The lowest BCUT2D eigenvalue weighted by molar-refractivity contribution is 0.0947. The Kier molecular flexibility index (Phi) is 4.21. The maximum Gasteiger partial charge on any atom is 0.265 e. The highest BCUT2D eigenvalue weighted by Crippen LogP contribution is 2.23. The Morgan fingerprint density at radius 2 is 2.29 bits per heavy atom. The van der Waals surface area contributed by atoms with Gasteiger partial charge in [0.2, 0.25) is 5.78 Å². The van der Waals surface area contributed by atoms with E-state index in [1.165, 1.54) is 12.8 Å². The van der Waals surface area contributed by atoms with E-state index in [-0.39, 0.29) is 11.7 Å². The highest BCUT2D eigenvalue weighted by Gasteiger charge is 2.27. The van der Waals surface area contributed by atoms with Crippen molar-refractivity contribution in [1.29, 1.82) is 0 Å². The molecule has 0 amide bonds. The number of carbonyl (C=O) groups excluding carboxylic acids is 1. The van der Waals surface area contributed by atoms with Gasteiger partial charge in [0.1, 0.15) is 11.1 Å². The summed E-state index contributed by atoms with van der Waals surface area (Å²) in [6, 6.07) is 0. The van der Waals surface area contributed by atoms with Gasteiger partial charge >= 0.3 is 0 Å². The van der Waals surface area contributed by atoms with E-state index in [2.05, 4.69) is 11.9 Å². The minimum atomic E-state index is -0.467. The van der Waals surface area contributed by atoms with Crippen LogP contribution in [-0.2, 0) is 12.8 Å². The number of aromatic nitrogens is 1. The predicted molar refractivity (Wildman–Crippen MR) is 66.6 cm³/mol. The van der Waals surface area contributed by atoms with Crippen LogP contribution in [0.2, 0.25) is 0 Å². The lowest BCUT2D eigenvalue weighted by Crippen LogP contribution is -2.17. The Labute approximate surface area is 107 Å². The summed E-state index contributed by atoms with van der Waals surface area (Å²) < 4.78 is 5.57. The van der Waals surface area contributed by atoms with Gasteiger partial charge in [-0.2, -0.15) is 0 Å². The summed E-state index contributed by atoms with van der Waals surface area (Å²) >= 11 is 5.98. The van der Waals surface area contributed by atoms with E-state index in [9.17, 15) is 4.79 Å². The molecule has 0 radical (unpaired) electrons. The molecule has 0 N–H and O–H groups in total. The molecule has 1 unspecified atom stereocenters. The van der Waals surface area contributed by atoms with Crippen LogP contribution in [0.3, 0.4) is 0 Å². The Hall–Kier alpha value is -0.830. The summed E-state index contributed by atoms with van der Waals surface area (Å²) in [6.07, 6.45) is 6.84. The number of hydrogen-bond donors (Lipinski definition) is 0. The smallest absolute Gasteiger partial charge is 0.265 e. The molecule has 1 aromatic heterocycles. The third-order valence-corrected chi connectivity index (χ3v) is 3.57. The molecule has 1 aliphatic heterocycles. The van der Waals surface area contributed by atoms with Crippen molar-refractivity contribution >= 4 is 17.4 Å². The number of aryl methyl sites for hydroxylation is 2. The monoisotopic (exact) mass is 255 g/mol. The first kappa shape index (κ1) is 12.6. The summed E-state index contributed by atoms with van der Waals surface area (Å²) in [7, 11) is 0. The van der Waals surface area contributed by atoms with Crippen LogP contribution < -0.4 is 0 Å². The molecule has 0 fully saturated rings. The van der Waals surface area contributed by atoms with E-state index in [1.54, 1.807) is 0 Å². The van der Waals surface area contributed by atoms with Crippen LogP contribution in [0.5, 0.6) is 0 Å². The topological polar surface area (TPSA) is 43.1 Å². The quantitative estimate of drug-likeness (QED) is 0.611. The largest absolute Gasteiger partial charge is 0.439 e. The number of Topliss-reactive ketones (excluding diaryl/α,β-unsaturated/α-hetero) is 1. The molecule has 0 saturated carbocycles. The summed E-state index contributed by atoms with van der Waals surface area (Å²) in [5.74, 6) is 0.952. The zero-order chi connectivity index (χ0) is 12.3. The van der Waals surface area contributed by atoms with Gasteiger partial charge in [0.05, 0.1) is 5.69 Å². The fourth-order valence-corrected chi connectivity index (χ4v) is 2.38. The zero-order valence-electron chi connectivity index (χ0n) is 10.2. The van der Waals surface area contributed by atoms with Gasteiger partial charge in [0, 0.05) is 6.42 Å². The van der Waals surface area contributed by atoms with Gasteiger partial charge in [-0.15, -0.1) is 11.6 Å². The van der Waals surface area contributed by atoms with E-state index >= 15 is 0 Å². The molecule has 1 aromatic rings. The number of ketones is 1. The fraction of sp³-hybridized carbons (Fsp3) is 0.692. The van der Waals surface area contributed by atoms with Gasteiger partial charge in [-0.25, -0.2) is 4.98 Å². The predicted octanol–water partition coefficient (Wildman–Crippen LogP) is 3.53. The number of unbranched alkanes of at least 4 members (excludes halogenated alkanes) is 2. The molecule has 4 heteroatoms. The van der Waals surface area contributed by atoms with E-state index in [0.29, 0.717) is 6.42 Å². The Morgan fingerprint density at radius 1 is 1.47 bits per heavy atom. The lowest BCUT2D eigenvalue weighted by atomic mass is 10.1. The molecule has 0 aromatic carbocycles. The van der Waals surface area contributed by atoms with Crippen molar-refractivity contribution in [3.8, 4) is 0 Å². The van der Waals surface area contributed by atoms with Gasteiger partial charge in [0.25, 0.3) is 5.89 Å². The number of halogens is 1. The molecular weight excluding hydrogens is 238 g/mol. The first-order valence-corrected chi connectivity index (χ1v) is 6.83. The van der Waals surface area contributed by atoms with Crippen LogP contribution in [0.1, 0.15) is 61.2 Å². The molecule has 1 aliphatic rings. The maximum absolute atomic E-state index is 11.8. The summed E-state index contributed by atoms with van der Waals surface area (Å²) in [6.45, 7) is 2.17. The van der Waals surface area contributed by atoms with Crippen LogP contribution in [0, 0.1) is 0 Å². The molecule has 2 heterocycles. The third kappa shape index (κ3) is 2.89. The first-order chi connectivity index (χ1) is 8.22. The molecule has 1 atom stereocenters. The molecule has 2 rings (SSSR count). The highest BCUT2D eigenvalue weighted by atomic mass is 35.5. The molecule has 2 bridgehead atoms. The van der Waals surface area contributed by atoms with Crippen molar-refractivity contribution in [2.24, 2.45) is 0 Å². The van der Waals surface area contributed by atoms with Crippen LogP contribution in [0.25, 0.3) is 0 Å². The van der Waals surface area contributed by atoms with Crippen molar-refractivity contribution in [2.45, 2.75) is 57.2 Å². The number of fused-ring (bicyclic) bond motifs is 2. The van der Waals surface area contributed by atoms with Crippen LogP contribution in [-0.4, -0.2) is 16.1 Å². The van der Waals surface area contributed by atoms with E-state index in [1.807, 2.05) is 0 Å². The third-order valence-electron chi connectivity index (χ3n) is 3.15. The lowest BCUT2D eigenvalue weighted by Gasteiger charge is -2.06. The number of rotatable bonds is 4. The number of alkyl halides is 1. The molecule has 94 valence electrons. The number of carbonyl (C=O) groups is 1. The van der Waals surface area contributed by atoms with E-state index in [4.69, 9.17) is 16.0 Å². The average molecular weight is 256 g/mol. The molecule has 0 aliphatic carbocycles. The van der Waals surface area contributed by atoms with Crippen LogP contribution >= 0.6 is 11.6 Å². The van der Waals surface area contributed by atoms with E-state index in [0.717, 1.165) is 37.1 Å². The molecule has 0 spiro atoms. The van der Waals surface area contributed by atoms with Crippen LogP contribution in [0.15, 0.2) is 4.42 Å². The van der Waals surface area contributed by atoms with Crippen LogP contribution in [0.4, 0.5) is 0 Å². The maximum atomic E-state index is 11.8. The standard InChI is InChI=1S/C13H18ClNO2/c1-2-3-4-8-11-10-7-5-6-9(14)12(16)13(15-10)17-11/h9H,2-8H2,1H3. The molecular formula is C13H18ClNO2. The van der Waals surface area contributed by atoms with Gasteiger partial charge in [-0.05, 0) is 25.7 Å². The van der Waals surface area contributed by atoms with Crippen molar-refractivity contribution < 1.29 is 9.21 Å². The average Bonchev–Trinajstić information content (AvgIpc) is 2.72. The Morgan fingerprint density at radius 3 is 3.06 bits per heavy atom. The van der Waals surface area contributed by atoms with Crippen molar-refractivity contribution in [1.82, 2.24) is 4.98 Å². The van der Waals surface area contributed by atoms with E-state index < -0.39 is 5.38 Å². The summed E-state index contributed by atoms with van der Waals surface area (Å²) in [5.41, 5.74) is 0.966.